The molecule has 0 atom stereocenters. The molecule has 2 heterocycles. The van der Waals surface area contributed by atoms with Gasteiger partial charge < -0.3 is 0 Å². The second-order valence-corrected chi connectivity index (χ2v) is 3.83. The highest BCUT2D eigenvalue weighted by Crippen LogP contribution is 2.08. The lowest BCUT2D eigenvalue weighted by Gasteiger charge is -1.96. The highest BCUT2D eigenvalue weighted by molar-refractivity contribution is 7.11. The summed E-state index contributed by atoms with van der Waals surface area (Å²) >= 11 is 1.21. The van der Waals surface area contributed by atoms with E-state index in [4.69, 9.17) is 0 Å². The Morgan fingerprint density at radius 2 is 1.81 bits per heavy atom. The van der Waals surface area contributed by atoms with Crippen LogP contribution in [0.25, 0.3) is 0 Å². The minimum Gasteiger partial charge on any atom is -0.291 e. The molecule has 0 bridgehead atoms. The molecule has 0 saturated heterocycles. The van der Waals surface area contributed by atoms with Crippen molar-refractivity contribution in [1.82, 2.24) is 15.0 Å². The molecule has 80 valence electrons. The minimum absolute atomic E-state index is 0.0624. The van der Waals surface area contributed by atoms with Crippen molar-refractivity contribution in [2.45, 2.75) is 6.42 Å². The van der Waals surface area contributed by atoms with Gasteiger partial charge in [-0.15, -0.1) is 11.3 Å². The van der Waals surface area contributed by atoms with Crippen molar-refractivity contribution in [3.8, 4) is 0 Å². The number of carbonyl (C=O) groups excluding carboxylic acids is 2. The Bertz CT molecular complexity index is 496. The molecule has 0 radical (unpaired) electrons. The third kappa shape index (κ3) is 2.34. The molecular weight excluding hydrogens is 226 g/mol. The maximum absolute atomic E-state index is 11.6. The highest BCUT2D eigenvalue weighted by Gasteiger charge is 2.16. The molecule has 0 fully saturated rings. The zero-order valence-electron chi connectivity index (χ0n) is 8.16. The largest absolute Gasteiger partial charge is 0.291 e. The lowest BCUT2D eigenvalue weighted by Crippen LogP contribution is -2.11. The summed E-state index contributed by atoms with van der Waals surface area (Å²) in [7, 11) is 0. The van der Waals surface area contributed by atoms with Gasteiger partial charge in [0.2, 0.25) is 5.78 Å². The Morgan fingerprint density at radius 3 is 2.44 bits per heavy atom. The summed E-state index contributed by atoms with van der Waals surface area (Å²) in [5, 5.41) is 2.03. The fourth-order valence-corrected chi connectivity index (χ4v) is 1.68. The van der Waals surface area contributed by atoms with E-state index in [1.807, 2.05) is 0 Å². The first kappa shape index (κ1) is 10.6. The summed E-state index contributed by atoms with van der Waals surface area (Å²) in [5.41, 5.74) is 0. The number of hydrogen-bond donors (Lipinski definition) is 0. The molecular formula is C10H7N3O2S. The summed E-state index contributed by atoms with van der Waals surface area (Å²) < 4.78 is 0. The van der Waals surface area contributed by atoms with E-state index in [-0.39, 0.29) is 23.8 Å². The summed E-state index contributed by atoms with van der Waals surface area (Å²) in [5.74, 6) is -0.624. The van der Waals surface area contributed by atoms with Gasteiger partial charge in [0.25, 0.3) is 0 Å². The van der Waals surface area contributed by atoms with Crippen LogP contribution in [0.15, 0.2) is 30.0 Å². The topological polar surface area (TPSA) is 72.8 Å². The van der Waals surface area contributed by atoms with E-state index in [9.17, 15) is 9.59 Å². The average molecular weight is 233 g/mol. The van der Waals surface area contributed by atoms with Crippen molar-refractivity contribution in [3.63, 3.8) is 0 Å². The Labute approximate surface area is 95.2 Å². The Balaban J connectivity index is 2.06. The Morgan fingerprint density at radius 1 is 1.06 bits per heavy atom. The first-order valence-electron chi connectivity index (χ1n) is 4.50. The molecule has 0 spiro atoms. The van der Waals surface area contributed by atoms with Gasteiger partial charge in [0.1, 0.15) is 0 Å². The van der Waals surface area contributed by atoms with Crippen molar-refractivity contribution in [2.24, 2.45) is 0 Å². The molecule has 0 aliphatic carbocycles. The molecule has 0 N–H and O–H groups in total. The zero-order chi connectivity index (χ0) is 11.4. The quantitative estimate of drug-likeness (QED) is 0.589. The van der Waals surface area contributed by atoms with Gasteiger partial charge >= 0.3 is 0 Å². The van der Waals surface area contributed by atoms with Gasteiger partial charge in [0, 0.05) is 24.0 Å². The zero-order valence-corrected chi connectivity index (χ0v) is 8.98. The predicted octanol–water partition coefficient (Wildman–Crippen LogP) is 1.39. The van der Waals surface area contributed by atoms with Crippen molar-refractivity contribution in [3.05, 3.63) is 40.9 Å². The van der Waals surface area contributed by atoms with Crippen molar-refractivity contribution in [1.29, 1.82) is 0 Å². The number of nitrogens with zero attached hydrogens (tertiary/aromatic N) is 3. The molecule has 0 saturated carbocycles. The number of carbonyl (C=O) groups is 2. The molecule has 16 heavy (non-hydrogen) atoms. The van der Waals surface area contributed by atoms with Gasteiger partial charge in [-0.25, -0.2) is 15.0 Å². The Hall–Kier alpha value is -1.95. The van der Waals surface area contributed by atoms with Gasteiger partial charge in [-0.2, -0.15) is 0 Å². The van der Waals surface area contributed by atoms with E-state index < -0.39 is 0 Å². The van der Waals surface area contributed by atoms with Crippen LogP contribution in [0.3, 0.4) is 0 Å². The molecule has 6 heteroatoms. The fourth-order valence-electron chi connectivity index (χ4n) is 1.10. The minimum atomic E-state index is -0.388. The molecule has 0 aliphatic heterocycles. The number of hydrogen-bond acceptors (Lipinski definition) is 6. The predicted molar refractivity (Wildman–Crippen MR) is 57.4 cm³/mol. The maximum Gasteiger partial charge on any atom is 0.207 e. The van der Waals surface area contributed by atoms with E-state index in [1.165, 1.54) is 29.9 Å². The van der Waals surface area contributed by atoms with E-state index in [0.29, 0.717) is 5.01 Å². The molecule has 2 aromatic rings. The summed E-state index contributed by atoms with van der Waals surface area (Å²) in [4.78, 5) is 34.5. The third-order valence-corrected chi connectivity index (χ3v) is 2.62. The summed E-state index contributed by atoms with van der Waals surface area (Å²) in [6.45, 7) is 0. The first-order chi connectivity index (χ1) is 7.77. The number of ketones is 2. The molecule has 5 nitrogen and oxygen atoms in total. The van der Waals surface area contributed by atoms with Gasteiger partial charge in [0.15, 0.2) is 16.6 Å². The first-order valence-corrected chi connectivity index (χ1v) is 5.38. The normalized spacial score (nSPS) is 10.0. The molecule has 0 unspecified atom stereocenters. The third-order valence-electron chi connectivity index (χ3n) is 1.81. The van der Waals surface area contributed by atoms with Crippen molar-refractivity contribution < 1.29 is 9.59 Å². The molecule has 2 aromatic heterocycles. The molecule has 2 rings (SSSR count). The van der Waals surface area contributed by atoms with E-state index >= 15 is 0 Å². The van der Waals surface area contributed by atoms with Crippen molar-refractivity contribution >= 4 is 22.9 Å². The van der Waals surface area contributed by atoms with Crippen LogP contribution in [-0.2, 0) is 0 Å². The Kier molecular flexibility index (Phi) is 3.11. The number of Topliss-reactive ketones (excluding diaryl/α,β-unsaturated/α-hetero) is 2. The molecule has 0 amide bonds. The van der Waals surface area contributed by atoms with E-state index in [1.54, 1.807) is 11.4 Å². The highest BCUT2D eigenvalue weighted by atomic mass is 32.1. The van der Waals surface area contributed by atoms with Crippen LogP contribution in [0, 0.1) is 0 Å². The second-order valence-electron chi connectivity index (χ2n) is 2.93. The smallest absolute Gasteiger partial charge is 0.207 e. The van der Waals surface area contributed by atoms with Crippen LogP contribution in [-0.4, -0.2) is 26.5 Å². The van der Waals surface area contributed by atoms with Crippen LogP contribution in [0.4, 0.5) is 0 Å². The van der Waals surface area contributed by atoms with Gasteiger partial charge in [-0.1, -0.05) is 0 Å². The van der Waals surface area contributed by atoms with E-state index in [2.05, 4.69) is 15.0 Å². The monoisotopic (exact) mass is 233 g/mol. The lowest BCUT2D eigenvalue weighted by atomic mass is 10.2. The van der Waals surface area contributed by atoms with Crippen LogP contribution < -0.4 is 0 Å². The van der Waals surface area contributed by atoms with Crippen LogP contribution >= 0.6 is 11.3 Å². The van der Waals surface area contributed by atoms with Gasteiger partial charge in [-0.05, 0) is 6.07 Å². The fraction of sp³-hybridized carbons (Fsp3) is 0.100. The molecule has 0 aromatic carbocycles. The maximum atomic E-state index is 11.6. The number of rotatable bonds is 4. The number of thiazole rings is 1. The van der Waals surface area contributed by atoms with E-state index in [0.717, 1.165) is 0 Å². The van der Waals surface area contributed by atoms with Crippen molar-refractivity contribution in [2.75, 3.05) is 0 Å². The second kappa shape index (κ2) is 4.71. The standard InChI is InChI=1S/C10H7N3O2S/c14-7(9-11-2-1-3-12-9)6-8(15)10-13-4-5-16-10/h1-5H,6H2. The van der Waals surface area contributed by atoms with Gasteiger partial charge in [0.05, 0.1) is 6.42 Å². The lowest BCUT2D eigenvalue weighted by molar-refractivity contribution is 0.0888. The van der Waals surface area contributed by atoms with Crippen LogP contribution in [0.1, 0.15) is 26.8 Å². The number of aromatic nitrogens is 3. The van der Waals surface area contributed by atoms with Crippen LogP contribution in [0.2, 0.25) is 0 Å². The van der Waals surface area contributed by atoms with Gasteiger partial charge in [-0.3, -0.25) is 9.59 Å². The van der Waals surface area contributed by atoms with Crippen LogP contribution in [0.5, 0.6) is 0 Å². The summed E-state index contributed by atoms with van der Waals surface area (Å²) in [6, 6.07) is 1.61. The SMILES string of the molecule is O=C(CC(=O)c1nccs1)c1ncccn1. The summed E-state index contributed by atoms with van der Waals surface area (Å²) in [6.07, 6.45) is 4.22. The molecule has 0 aliphatic rings. The average Bonchev–Trinajstić information content (AvgIpc) is 2.83.